The smallest absolute Gasteiger partial charge is 0.265 e. The maximum absolute atomic E-state index is 13.4. The first-order valence-corrected chi connectivity index (χ1v) is 10.6. The molecule has 146 valence electrons. The summed E-state index contributed by atoms with van der Waals surface area (Å²) in [4.78, 5) is 15.6. The molecule has 28 heavy (non-hydrogen) atoms. The fraction of sp³-hybridized carbons (Fsp3) is 0.286. The van der Waals surface area contributed by atoms with Gasteiger partial charge in [0, 0.05) is 29.8 Å². The van der Waals surface area contributed by atoms with Gasteiger partial charge in [0.25, 0.3) is 5.91 Å². The number of carbonyl (C=O) groups excluding carboxylic acids is 1. The molecule has 7 heteroatoms. The minimum absolute atomic E-state index is 0.00106. The van der Waals surface area contributed by atoms with Crippen LogP contribution in [0.15, 0.2) is 42.5 Å². The molecule has 3 aromatic rings. The lowest BCUT2D eigenvalue weighted by atomic mass is 10.1. The third kappa shape index (κ3) is 4.03. The Balaban J connectivity index is 1.66. The summed E-state index contributed by atoms with van der Waals surface area (Å²) in [5, 5.41) is 1.62. The van der Waals surface area contributed by atoms with Crippen LogP contribution in [-0.4, -0.2) is 30.1 Å². The number of rotatable bonds is 5. The normalized spacial score (nSPS) is 16.6. The van der Waals surface area contributed by atoms with Crippen LogP contribution >= 0.6 is 34.5 Å². The summed E-state index contributed by atoms with van der Waals surface area (Å²) in [7, 11) is 0. The Morgan fingerprint density at radius 2 is 2.00 bits per heavy atom. The van der Waals surface area contributed by atoms with Gasteiger partial charge in [-0.3, -0.25) is 4.79 Å². The van der Waals surface area contributed by atoms with Crippen molar-refractivity contribution in [2.24, 2.45) is 0 Å². The summed E-state index contributed by atoms with van der Waals surface area (Å²) in [6, 6.07) is 11.7. The maximum Gasteiger partial charge on any atom is 0.265 e. The standard InChI is InChI=1S/C21H18Cl2FNO2S/c22-16-4-1-5-17-18(16)19(23)20(28-17)21(26)25(12-15-3-2-10-27-15)11-13-6-8-14(24)9-7-13/h1,4-9,15H,2-3,10-12H2. The minimum Gasteiger partial charge on any atom is -0.376 e. The van der Waals surface area contributed by atoms with Gasteiger partial charge in [-0.1, -0.05) is 41.4 Å². The molecular weight excluding hydrogens is 420 g/mol. The van der Waals surface area contributed by atoms with Crippen molar-refractivity contribution >= 4 is 50.5 Å². The number of benzene rings is 2. The molecule has 1 fully saturated rings. The van der Waals surface area contributed by atoms with E-state index >= 15 is 0 Å². The van der Waals surface area contributed by atoms with Crippen LogP contribution in [0.25, 0.3) is 10.1 Å². The van der Waals surface area contributed by atoms with Crippen molar-refractivity contribution < 1.29 is 13.9 Å². The van der Waals surface area contributed by atoms with E-state index in [0.717, 1.165) is 23.1 Å². The molecule has 0 N–H and O–H groups in total. The molecule has 2 aromatic carbocycles. The Labute approximate surface area is 176 Å². The van der Waals surface area contributed by atoms with Crippen molar-refractivity contribution in [3.05, 3.63) is 68.8 Å². The average Bonchev–Trinajstić information content (AvgIpc) is 3.31. The van der Waals surface area contributed by atoms with Crippen molar-refractivity contribution in [2.45, 2.75) is 25.5 Å². The average molecular weight is 438 g/mol. The first kappa shape index (κ1) is 19.6. The van der Waals surface area contributed by atoms with E-state index in [2.05, 4.69) is 0 Å². The van der Waals surface area contributed by atoms with Crippen molar-refractivity contribution in [3.63, 3.8) is 0 Å². The fourth-order valence-electron chi connectivity index (χ4n) is 3.42. The summed E-state index contributed by atoms with van der Waals surface area (Å²) in [6.07, 6.45) is 1.91. The molecule has 0 aliphatic carbocycles. The molecule has 1 atom stereocenters. The maximum atomic E-state index is 13.4. The molecule has 1 saturated heterocycles. The number of halogens is 3. The Kier molecular flexibility index (Phi) is 5.88. The first-order valence-electron chi connectivity index (χ1n) is 9.05. The van der Waals surface area contributed by atoms with Crippen LogP contribution in [0.3, 0.4) is 0 Å². The van der Waals surface area contributed by atoms with Crippen LogP contribution in [0, 0.1) is 5.82 Å². The molecule has 2 heterocycles. The number of ether oxygens (including phenoxy) is 1. The van der Waals surface area contributed by atoms with Gasteiger partial charge in [-0.2, -0.15) is 0 Å². The number of hydrogen-bond acceptors (Lipinski definition) is 3. The lowest BCUT2D eigenvalue weighted by Crippen LogP contribution is -2.36. The Morgan fingerprint density at radius 1 is 1.21 bits per heavy atom. The monoisotopic (exact) mass is 437 g/mol. The van der Waals surface area contributed by atoms with Gasteiger partial charge in [-0.15, -0.1) is 11.3 Å². The second-order valence-corrected chi connectivity index (χ2v) is 8.64. The van der Waals surface area contributed by atoms with E-state index in [1.165, 1.54) is 23.5 Å². The lowest BCUT2D eigenvalue weighted by Gasteiger charge is -2.25. The summed E-state index contributed by atoms with van der Waals surface area (Å²) < 4.78 is 19.9. The topological polar surface area (TPSA) is 29.5 Å². The van der Waals surface area contributed by atoms with Crippen molar-refractivity contribution in [2.75, 3.05) is 13.2 Å². The zero-order chi connectivity index (χ0) is 19.7. The second kappa shape index (κ2) is 8.37. The molecule has 0 spiro atoms. The largest absolute Gasteiger partial charge is 0.376 e. The summed E-state index contributed by atoms with van der Waals surface area (Å²) in [6.45, 7) is 1.54. The van der Waals surface area contributed by atoms with Crippen LogP contribution < -0.4 is 0 Å². The number of carbonyl (C=O) groups is 1. The molecular formula is C21H18Cl2FNO2S. The zero-order valence-corrected chi connectivity index (χ0v) is 17.3. The van der Waals surface area contributed by atoms with Gasteiger partial charge in [-0.05, 0) is 42.7 Å². The predicted octanol–water partition coefficient (Wildman–Crippen LogP) is 6.17. The highest BCUT2D eigenvalue weighted by molar-refractivity contribution is 7.21. The van der Waals surface area contributed by atoms with Crippen LogP contribution in [0.5, 0.6) is 0 Å². The molecule has 1 aromatic heterocycles. The molecule has 1 aliphatic rings. The fourth-order valence-corrected chi connectivity index (χ4v) is 5.33. The number of fused-ring (bicyclic) bond motifs is 1. The van der Waals surface area contributed by atoms with Gasteiger partial charge in [0.05, 0.1) is 16.1 Å². The Bertz CT molecular complexity index is 1000. The van der Waals surface area contributed by atoms with E-state index in [1.54, 1.807) is 23.1 Å². The van der Waals surface area contributed by atoms with Crippen LogP contribution in [0.4, 0.5) is 4.39 Å². The Hall–Kier alpha value is -1.66. The molecule has 3 nitrogen and oxygen atoms in total. The van der Waals surface area contributed by atoms with Gasteiger partial charge in [0.1, 0.15) is 10.7 Å². The van der Waals surface area contributed by atoms with Crippen molar-refractivity contribution in [3.8, 4) is 0 Å². The van der Waals surface area contributed by atoms with E-state index in [1.807, 2.05) is 12.1 Å². The molecule has 1 aliphatic heterocycles. The SMILES string of the molecule is O=C(c1sc2cccc(Cl)c2c1Cl)N(Cc1ccc(F)cc1)CC1CCCO1. The van der Waals surface area contributed by atoms with E-state index < -0.39 is 0 Å². The van der Waals surface area contributed by atoms with E-state index in [9.17, 15) is 9.18 Å². The van der Waals surface area contributed by atoms with E-state index in [4.69, 9.17) is 27.9 Å². The highest BCUT2D eigenvalue weighted by Gasteiger charge is 2.27. The summed E-state index contributed by atoms with van der Waals surface area (Å²) in [5.74, 6) is -0.468. The van der Waals surface area contributed by atoms with Gasteiger partial charge in [0.15, 0.2) is 0 Å². The Morgan fingerprint density at radius 3 is 2.68 bits per heavy atom. The molecule has 4 rings (SSSR count). The van der Waals surface area contributed by atoms with Crippen molar-refractivity contribution in [1.29, 1.82) is 0 Å². The molecule has 0 radical (unpaired) electrons. The zero-order valence-electron chi connectivity index (χ0n) is 15.0. The molecule has 1 amide bonds. The van der Waals surface area contributed by atoms with Gasteiger partial charge in [-0.25, -0.2) is 4.39 Å². The summed E-state index contributed by atoms with van der Waals surface area (Å²) in [5.41, 5.74) is 0.850. The second-order valence-electron chi connectivity index (χ2n) is 6.81. The van der Waals surface area contributed by atoms with Gasteiger partial charge < -0.3 is 9.64 Å². The number of hydrogen-bond donors (Lipinski definition) is 0. The third-order valence-corrected chi connectivity index (χ3v) is 6.77. The molecule has 1 unspecified atom stereocenters. The van der Waals surface area contributed by atoms with E-state index in [-0.39, 0.29) is 17.8 Å². The van der Waals surface area contributed by atoms with Crippen LogP contribution in [0.2, 0.25) is 10.0 Å². The lowest BCUT2D eigenvalue weighted by molar-refractivity contribution is 0.0511. The van der Waals surface area contributed by atoms with Gasteiger partial charge in [0.2, 0.25) is 0 Å². The van der Waals surface area contributed by atoms with Crippen LogP contribution in [-0.2, 0) is 11.3 Å². The first-order chi connectivity index (χ1) is 13.5. The predicted molar refractivity (Wildman–Crippen MR) is 112 cm³/mol. The third-order valence-electron chi connectivity index (χ3n) is 4.82. The van der Waals surface area contributed by atoms with Gasteiger partial charge >= 0.3 is 0 Å². The highest BCUT2D eigenvalue weighted by Crippen LogP contribution is 2.40. The number of thiophene rings is 1. The molecule has 0 bridgehead atoms. The summed E-state index contributed by atoms with van der Waals surface area (Å²) >= 11 is 14.2. The molecule has 0 saturated carbocycles. The number of amides is 1. The minimum atomic E-state index is -0.303. The van der Waals surface area contributed by atoms with E-state index in [0.29, 0.717) is 40.0 Å². The number of nitrogens with zero attached hydrogens (tertiary/aromatic N) is 1. The van der Waals surface area contributed by atoms with Crippen molar-refractivity contribution in [1.82, 2.24) is 4.90 Å². The quantitative estimate of drug-likeness (QED) is 0.477. The van der Waals surface area contributed by atoms with Crippen LogP contribution in [0.1, 0.15) is 28.1 Å². The highest BCUT2D eigenvalue weighted by atomic mass is 35.5.